The van der Waals surface area contributed by atoms with Crippen molar-refractivity contribution in [3.05, 3.63) is 71.4 Å². The van der Waals surface area contributed by atoms with E-state index in [-0.39, 0.29) is 41.6 Å². The highest BCUT2D eigenvalue weighted by Crippen LogP contribution is 2.33. The highest BCUT2D eigenvalue weighted by Gasteiger charge is 2.31. The lowest BCUT2D eigenvalue weighted by atomic mass is 9.77. The van der Waals surface area contributed by atoms with E-state index in [1.165, 1.54) is 4.90 Å². The Labute approximate surface area is 242 Å². The van der Waals surface area contributed by atoms with Crippen molar-refractivity contribution < 1.29 is 9.59 Å². The molecule has 0 spiro atoms. The van der Waals surface area contributed by atoms with Gasteiger partial charge in [-0.15, -0.1) is 0 Å². The molecular weight excluding hydrogens is 516 g/mol. The maximum Gasteiger partial charge on any atom is 0.324 e. The smallest absolute Gasteiger partial charge is 0.324 e. The number of piperidine rings is 1. The minimum Gasteiger partial charge on any atom is -0.370 e. The first-order valence-electron chi connectivity index (χ1n) is 14.1. The molecule has 0 saturated carbocycles. The lowest BCUT2D eigenvalue weighted by Crippen LogP contribution is -2.41. The minimum absolute atomic E-state index is 0.0343. The first kappa shape index (κ1) is 29.8. The summed E-state index contributed by atoms with van der Waals surface area (Å²) in [6, 6.07) is 16.9. The Hall–Kier alpha value is -4.18. The Morgan fingerprint density at radius 2 is 1.73 bits per heavy atom. The molecule has 218 valence electrons. The predicted octanol–water partition coefficient (Wildman–Crippen LogP) is 4.60. The number of urea groups is 1. The van der Waals surface area contributed by atoms with E-state index in [9.17, 15) is 9.59 Å². The van der Waals surface area contributed by atoms with Gasteiger partial charge in [0.2, 0.25) is 0 Å². The van der Waals surface area contributed by atoms with Crippen LogP contribution in [-0.2, 0) is 10.2 Å². The summed E-state index contributed by atoms with van der Waals surface area (Å²) in [4.78, 5) is 27.9. The standard InChI is InChI=1S/C31H42N8O2/c1-20-6-12-24(13-7-20)39-27(18-26(37-39)31(2,3)4)36-30(41)35-23-10-8-21(9-11-23)28(22-14-16-34-17-15-22)25(40)19-38(5)29(32)33/h6-13,18,22,28,34H,14-17,19H2,1-5H3,(H3,32,33)(H2,35,36,41). The Morgan fingerprint density at radius 1 is 1.10 bits per heavy atom. The summed E-state index contributed by atoms with van der Waals surface area (Å²) >= 11 is 0. The quantitative estimate of drug-likeness (QED) is 0.202. The molecule has 2 amide bonds. The van der Waals surface area contributed by atoms with E-state index in [1.807, 2.05) is 61.5 Å². The number of carbonyl (C=O) groups excluding carboxylic acids is 2. The van der Waals surface area contributed by atoms with Crippen molar-refractivity contribution in [1.29, 1.82) is 5.41 Å². The van der Waals surface area contributed by atoms with E-state index in [0.29, 0.717) is 11.5 Å². The van der Waals surface area contributed by atoms with Crippen LogP contribution < -0.4 is 21.7 Å². The molecule has 2 heterocycles. The summed E-state index contributed by atoms with van der Waals surface area (Å²) in [5.74, 6) is 0.365. The van der Waals surface area contributed by atoms with Crippen molar-refractivity contribution in [1.82, 2.24) is 20.0 Å². The molecule has 1 saturated heterocycles. The zero-order chi connectivity index (χ0) is 29.7. The van der Waals surface area contributed by atoms with Gasteiger partial charge in [0, 0.05) is 30.1 Å². The summed E-state index contributed by atoms with van der Waals surface area (Å²) < 4.78 is 1.75. The first-order valence-corrected chi connectivity index (χ1v) is 14.1. The van der Waals surface area contributed by atoms with E-state index < -0.39 is 0 Å². The van der Waals surface area contributed by atoms with Gasteiger partial charge in [-0.1, -0.05) is 50.6 Å². The molecule has 1 unspecified atom stereocenters. The Kier molecular flexibility index (Phi) is 9.12. The summed E-state index contributed by atoms with van der Waals surface area (Å²) in [5, 5.41) is 21.7. The number of hydrogen-bond acceptors (Lipinski definition) is 5. The zero-order valence-electron chi connectivity index (χ0n) is 24.6. The third-order valence-corrected chi connectivity index (χ3v) is 7.53. The summed E-state index contributed by atoms with van der Waals surface area (Å²) in [6.45, 7) is 10.1. The molecule has 6 N–H and O–H groups in total. The minimum atomic E-state index is -0.388. The second-order valence-electron chi connectivity index (χ2n) is 11.9. The summed E-state index contributed by atoms with van der Waals surface area (Å²) in [7, 11) is 1.65. The highest BCUT2D eigenvalue weighted by molar-refractivity contribution is 5.99. The van der Waals surface area contributed by atoms with Gasteiger partial charge in [0.25, 0.3) is 0 Å². The third kappa shape index (κ3) is 7.52. The Morgan fingerprint density at radius 3 is 2.32 bits per heavy atom. The zero-order valence-corrected chi connectivity index (χ0v) is 24.6. The number of hydrogen-bond donors (Lipinski definition) is 5. The van der Waals surface area contributed by atoms with Crippen molar-refractivity contribution >= 4 is 29.3 Å². The SMILES string of the molecule is Cc1ccc(-n2nc(C(C)(C)C)cc2NC(=O)Nc2ccc(C(C(=O)CN(C)C(=N)N)C3CCNCC3)cc2)cc1. The number of aromatic nitrogens is 2. The molecule has 0 aliphatic carbocycles. The fourth-order valence-corrected chi connectivity index (χ4v) is 5.09. The number of anilines is 2. The molecule has 1 fully saturated rings. The molecule has 4 rings (SSSR count). The van der Waals surface area contributed by atoms with Gasteiger partial charge in [-0.05, 0) is 68.6 Å². The van der Waals surface area contributed by atoms with Crippen molar-refractivity contribution in [3.8, 4) is 5.69 Å². The fraction of sp³-hybridized carbons (Fsp3) is 0.419. The van der Waals surface area contributed by atoms with Gasteiger partial charge in [0.05, 0.1) is 17.9 Å². The van der Waals surface area contributed by atoms with Crippen molar-refractivity contribution in [2.45, 2.75) is 51.9 Å². The van der Waals surface area contributed by atoms with Crippen molar-refractivity contribution in [3.63, 3.8) is 0 Å². The largest absolute Gasteiger partial charge is 0.370 e. The number of likely N-dealkylation sites (N-methyl/N-ethyl adjacent to an activating group) is 1. The summed E-state index contributed by atoms with van der Waals surface area (Å²) in [5.41, 5.74) is 9.77. The van der Waals surface area contributed by atoms with Crippen LogP contribution in [0.3, 0.4) is 0 Å². The molecule has 1 atom stereocenters. The van der Waals surface area contributed by atoms with Gasteiger partial charge in [-0.25, -0.2) is 9.48 Å². The molecular formula is C31H42N8O2. The van der Waals surface area contributed by atoms with Crippen LogP contribution in [0, 0.1) is 18.3 Å². The lowest BCUT2D eigenvalue weighted by molar-refractivity contribution is -0.122. The van der Waals surface area contributed by atoms with Gasteiger partial charge in [0.1, 0.15) is 5.82 Å². The molecule has 10 heteroatoms. The van der Waals surface area contributed by atoms with E-state index in [2.05, 4.69) is 36.7 Å². The molecule has 0 bridgehead atoms. The van der Waals surface area contributed by atoms with Crippen LogP contribution in [0.2, 0.25) is 0 Å². The number of nitrogens with zero attached hydrogens (tertiary/aromatic N) is 3. The maximum atomic E-state index is 13.4. The number of guanidine groups is 1. The van der Waals surface area contributed by atoms with Gasteiger partial charge < -0.3 is 21.3 Å². The number of nitrogens with one attached hydrogen (secondary N) is 4. The molecule has 0 radical (unpaired) electrons. The number of carbonyl (C=O) groups is 2. The average Bonchev–Trinajstić information content (AvgIpc) is 3.35. The summed E-state index contributed by atoms with van der Waals surface area (Å²) in [6.07, 6.45) is 1.79. The number of aryl methyl sites for hydroxylation is 1. The number of amides is 2. The molecule has 2 aromatic carbocycles. The second kappa shape index (κ2) is 12.6. The number of Topliss-reactive ketones (excluding diaryl/α,β-unsaturated/α-hetero) is 1. The normalized spacial score (nSPS) is 14.8. The average molecular weight is 559 g/mol. The molecule has 41 heavy (non-hydrogen) atoms. The van der Waals surface area contributed by atoms with Gasteiger partial charge in [0.15, 0.2) is 11.7 Å². The topological polar surface area (TPSA) is 141 Å². The van der Waals surface area contributed by atoms with Crippen LogP contribution in [0.4, 0.5) is 16.3 Å². The highest BCUT2D eigenvalue weighted by atomic mass is 16.2. The molecule has 1 aromatic heterocycles. The third-order valence-electron chi connectivity index (χ3n) is 7.53. The van der Waals surface area contributed by atoms with Crippen LogP contribution in [0.5, 0.6) is 0 Å². The molecule has 10 nitrogen and oxygen atoms in total. The van der Waals surface area contributed by atoms with Crippen LogP contribution in [0.1, 0.15) is 56.4 Å². The van der Waals surface area contributed by atoms with E-state index in [1.54, 1.807) is 11.7 Å². The van der Waals surface area contributed by atoms with Crippen LogP contribution in [-0.4, -0.2) is 59.1 Å². The Bertz CT molecular complexity index is 1370. The van der Waals surface area contributed by atoms with E-state index >= 15 is 0 Å². The van der Waals surface area contributed by atoms with Crippen molar-refractivity contribution in [2.24, 2.45) is 11.7 Å². The van der Waals surface area contributed by atoms with Gasteiger partial charge in [-0.3, -0.25) is 15.5 Å². The Balaban J connectivity index is 1.51. The molecule has 3 aromatic rings. The first-order chi connectivity index (χ1) is 19.4. The van der Waals surface area contributed by atoms with E-state index in [4.69, 9.17) is 16.2 Å². The number of nitrogens with two attached hydrogens (primary N) is 1. The number of benzene rings is 2. The number of ketones is 1. The van der Waals surface area contributed by atoms with Gasteiger partial charge >= 0.3 is 6.03 Å². The predicted molar refractivity (Wildman–Crippen MR) is 164 cm³/mol. The monoisotopic (exact) mass is 558 g/mol. The van der Waals surface area contributed by atoms with E-state index in [0.717, 1.165) is 48.4 Å². The second-order valence-corrected chi connectivity index (χ2v) is 11.9. The maximum absolute atomic E-state index is 13.4. The van der Waals surface area contributed by atoms with Crippen molar-refractivity contribution in [2.75, 3.05) is 37.3 Å². The number of rotatable bonds is 8. The molecule has 1 aliphatic rings. The van der Waals surface area contributed by atoms with Crippen LogP contribution in [0.25, 0.3) is 5.69 Å². The molecule has 1 aliphatic heterocycles. The van der Waals surface area contributed by atoms with Crippen LogP contribution >= 0.6 is 0 Å². The fourth-order valence-electron chi connectivity index (χ4n) is 5.09. The van der Waals surface area contributed by atoms with Gasteiger partial charge in [-0.2, -0.15) is 5.10 Å². The lowest BCUT2D eigenvalue weighted by Gasteiger charge is -2.31. The van der Waals surface area contributed by atoms with Crippen LogP contribution in [0.15, 0.2) is 54.6 Å².